The zero-order valence-electron chi connectivity index (χ0n) is 17.8. The molecule has 0 radical (unpaired) electrons. The predicted octanol–water partition coefficient (Wildman–Crippen LogP) is 7.03. The van der Waals surface area contributed by atoms with Crippen molar-refractivity contribution in [2.45, 2.75) is 59.9 Å². The lowest BCUT2D eigenvalue weighted by atomic mass is 9.65. The molecule has 0 N–H and O–H groups in total. The van der Waals surface area contributed by atoms with E-state index in [2.05, 4.69) is 68.1 Å². The van der Waals surface area contributed by atoms with E-state index in [0.29, 0.717) is 22.2 Å². The van der Waals surface area contributed by atoms with Crippen molar-refractivity contribution in [1.29, 1.82) is 0 Å². The fraction of sp³-hybridized carbons (Fsp3) is 0.500. The van der Waals surface area contributed by atoms with Gasteiger partial charge in [-0.1, -0.05) is 39.0 Å². The van der Waals surface area contributed by atoms with Crippen LogP contribution in [-0.4, -0.2) is 22.6 Å². The number of rotatable bonds is 2. The quantitative estimate of drug-likeness (QED) is 0.412. The van der Waals surface area contributed by atoms with Crippen LogP contribution in [0.2, 0.25) is 5.28 Å². The second kappa shape index (κ2) is 6.42. The first-order chi connectivity index (χ1) is 13.6. The summed E-state index contributed by atoms with van der Waals surface area (Å²) in [5.74, 6) is 1.03. The lowest BCUT2D eigenvalue weighted by molar-refractivity contribution is 0.136. The Morgan fingerprint density at radius 3 is 2.66 bits per heavy atom. The molecule has 2 atom stereocenters. The van der Waals surface area contributed by atoms with E-state index in [9.17, 15) is 0 Å². The Morgan fingerprint density at radius 2 is 1.90 bits per heavy atom. The van der Waals surface area contributed by atoms with Gasteiger partial charge in [0.05, 0.1) is 5.39 Å². The number of benzene rings is 1. The van der Waals surface area contributed by atoms with Gasteiger partial charge in [-0.25, -0.2) is 4.98 Å². The summed E-state index contributed by atoms with van der Waals surface area (Å²) in [6.45, 7) is 12.6. The highest BCUT2D eigenvalue weighted by atomic mass is 35.5. The van der Waals surface area contributed by atoms with Gasteiger partial charge in [0.2, 0.25) is 5.28 Å². The van der Waals surface area contributed by atoms with E-state index in [-0.39, 0.29) is 0 Å². The lowest BCUT2D eigenvalue weighted by Gasteiger charge is -2.39. The summed E-state index contributed by atoms with van der Waals surface area (Å²) in [6, 6.07) is 7.22. The SMILES string of the molecule is Cc1ccc(-c2csc3nc(Cl)nc(N4CC5(C)CC4CC(C)(C)C5)c23)cc1C. The van der Waals surface area contributed by atoms with Crippen molar-refractivity contribution < 1.29 is 0 Å². The first kappa shape index (κ1) is 19.3. The number of halogens is 1. The van der Waals surface area contributed by atoms with Crippen LogP contribution in [0, 0.1) is 24.7 Å². The molecule has 1 saturated carbocycles. The molecule has 2 bridgehead atoms. The molecule has 1 saturated heterocycles. The summed E-state index contributed by atoms with van der Waals surface area (Å²) in [6.07, 6.45) is 3.71. The molecule has 5 heteroatoms. The van der Waals surface area contributed by atoms with Gasteiger partial charge >= 0.3 is 0 Å². The smallest absolute Gasteiger partial charge is 0.225 e. The molecule has 3 heterocycles. The maximum absolute atomic E-state index is 6.39. The standard InChI is InChI=1S/C24H28ClN3S/c1-14-6-7-16(8-15(14)2)18-11-29-21-19(18)20(26-22(25)27-21)28-13-24(5)10-17(28)9-23(3,4)12-24/h6-8,11,17H,9-10,12-13H2,1-5H3. The van der Waals surface area contributed by atoms with Crippen LogP contribution in [0.5, 0.6) is 0 Å². The Kier molecular flexibility index (Phi) is 4.28. The third-order valence-corrected chi connectivity index (χ3v) is 7.93. The second-order valence-electron chi connectivity index (χ2n) is 10.3. The van der Waals surface area contributed by atoms with Crippen LogP contribution in [-0.2, 0) is 0 Å². The number of aromatic nitrogens is 2. The van der Waals surface area contributed by atoms with E-state index >= 15 is 0 Å². The molecular formula is C24H28ClN3S. The van der Waals surface area contributed by atoms with Gasteiger partial charge in [0, 0.05) is 23.5 Å². The van der Waals surface area contributed by atoms with Crippen molar-refractivity contribution in [3.63, 3.8) is 0 Å². The highest BCUT2D eigenvalue weighted by Crippen LogP contribution is 2.54. The topological polar surface area (TPSA) is 29.0 Å². The molecule has 1 aromatic carbocycles. The fourth-order valence-electron chi connectivity index (χ4n) is 5.93. The van der Waals surface area contributed by atoms with Crippen LogP contribution in [0.1, 0.15) is 51.2 Å². The zero-order chi connectivity index (χ0) is 20.6. The minimum absolute atomic E-state index is 0.340. The molecule has 2 fully saturated rings. The molecule has 2 aliphatic rings. The first-order valence-corrected chi connectivity index (χ1v) is 11.7. The average Bonchev–Trinajstić information content (AvgIpc) is 3.14. The van der Waals surface area contributed by atoms with Gasteiger partial charge in [0.1, 0.15) is 10.6 Å². The maximum atomic E-state index is 6.39. The molecule has 3 nitrogen and oxygen atoms in total. The Balaban J connectivity index is 1.68. The van der Waals surface area contributed by atoms with Crippen LogP contribution in [0.3, 0.4) is 0 Å². The van der Waals surface area contributed by atoms with E-state index < -0.39 is 0 Å². The van der Waals surface area contributed by atoms with Gasteiger partial charge in [0.25, 0.3) is 0 Å². The summed E-state index contributed by atoms with van der Waals surface area (Å²) in [4.78, 5) is 12.9. The second-order valence-corrected chi connectivity index (χ2v) is 11.5. The number of thiophene rings is 1. The Labute approximate surface area is 182 Å². The summed E-state index contributed by atoms with van der Waals surface area (Å²) >= 11 is 8.06. The van der Waals surface area contributed by atoms with Crippen LogP contribution in [0.15, 0.2) is 23.6 Å². The highest BCUT2D eigenvalue weighted by Gasteiger charge is 2.50. The predicted molar refractivity (Wildman–Crippen MR) is 124 cm³/mol. The van der Waals surface area contributed by atoms with Crippen molar-refractivity contribution in [1.82, 2.24) is 9.97 Å². The number of hydrogen-bond donors (Lipinski definition) is 0. The normalized spacial score (nSPS) is 25.7. The van der Waals surface area contributed by atoms with Crippen molar-refractivity contribution in [2.24, 2.45) is 10.8 Å². The van der Waals surface area contributed by atoms with Gasteiger partial charge in [-0.15, -0.1) is 11.3 Å². The van der Waals surface area contributed by atoms with Gasteiger partial charge in [-0.3, -0.25) is 0 Å². The molecule has 29 heavy (non-hydrogen) atoms. The van der Waals surface area contributed by atoms with Crippen LogP contribution in [0.4, 0.5) is 5.82 Å². The van der Waals surface area contributed by atoms with Crippen molar-refractivity contribution in [3.8, 4) is 11.1 Å². The van der Waals surface area contributed by atoms with E-state index in [1.807, 2.05) is 0 Å². The molecule has 0 amide bonds. The summed E-state index contributed by atoms with van der Waals surface area (Å²) in [5.41, 5.74) is 5.80. The minimum atomic E-state index is 0.340. The van der Waals surface area contributed by atoms with Crippen LogP contribution >= 0.6 is 22.9 Å². The molecule has 1 aliphatic heterocycles. The van der Waals surface area contributed by atoms with E-state index in [1.165, 1.54) is 41.5 Å². The van der Waals surface area contributed by atoms with Gasteiger partial charge in [-0.05, 0) is 72.2 Å². The minimum Gasteiger partial charge on any atom is -0.352 e. The van der Waals surface area contributed by atoms with Crippen LogP contribution in [0.25, 0.3) is 21.3 Å². The highest BCUT2D eigenvalue weighted by molar-refractivity contribution is 7.17. The number of nitrogens with zero attached hydrogens (tertiary/aromatic N) is 3. The summed E-state index contributed by atoms with van der Waals surface area (Å²) in [7, 11) is 0. The lowest BCUT2D eigenvalue weighted by Crippen LogP contribution is -2.35. The Morgan fingerprint density at radius 1 is 1.10 bits per heavy atom. The van der Waals surface area contributed by atoms with Crippen LogP contribution < -0.4 is 4.90 Å². The summed E-state index contributed by atoms with van der Waals surface area (Å²) in [5, 5.41) is 3.74. The zero-order valence-corrected chi connectivity index (χ0v) is 19.4. The molecule has 5 rings (SSSR count). The largest absolute Gasteiger partial charge is 0.352 e. The number of hydrogen-bond acceptors (Lipinski definition) is 4. The molecule has 152 valence electrons. The Hall–Kier alpha value is -1.65. The van der Waals surface area contributed by atoms with Gasteiger partial charge < -0.3 is 4.90 Å². The third-order valence-electron chi connectivity index (χ3n) is 6.89. The molecule has 2 aromatic heterocycles. The molecule has 1 aliphatic carbocycles. The van der Waals surface area contributed by atoms with Crippen molar-refractivity contribution in [3.05, 3.63) is 40.0 Å². The van der Waals surface area contributed by atoms with E-state index in [1.54, 1.807) is 11.3 Å². The molecular weight excluding hydrogens is 398 g/mol. The van der Waals surface area contributed by atoms with E-state index in [4.69, 9.17) is 16.6 Å². The van der Waals surface area contributed by atoms with Crippen molar-refractivity contribution >= 4 is 39.0 Å². The first-order valence-electron chi connectivity index (χ1n) is 10.4. The summed E-state index contributed by atoms with van der Waals surface area (Å²) < 4.78 is 0. The fourth-order valence-corrected chi connectivity index (χ4v) is 7.09. The molecule has 0 spiro atoms. The molecule has 3 aromatic rings. The van der Waals surface area contributed by atoms with E-state index in [0.717, 1.165) is 22.6 Å². The monoisotopic (exact) mass is 425 g/mol. The van der Waals surface area contributed by atoms with Gasteiger partial charge in [0.15, 0.2) is 0 Å². The third kappa shape index (κ3) is 3.25. The number of aryl methyl sites for hydroxylation is 2. The van der Waals surface area contributed by atoms with Crippen molar-refractivity contribution in [2.75, 3.05) is 11.4 Å². The molecule has 2 unspecified atom stereocenters. The van der Waals surface area contributed by atoms with Gasteiger partial charge in [-0.2, -0.15) is 4.98 Å². The average molecular weight is 426 g/mol. The number of fused-ring (bicyclic) bond motifs is 3. The Bertz CT molecular complexity index is 1120. The number of anilines is 1. The maximum Gasteiger partial charge on any atom is 0.225 e.